The molecular weight excluding hydrogens is 112 g/mol. The molecule has 2 N–H and O–H groups in total. The lowest BCUT2D eigenvalue weighted by Gasteiger charge is -1.92. The van der Waals surface area contributed by atoms with Gasteiger partial charge in [0.25, 0.3) is 0 Å². The SMILES string of the molecule is C=C(C)C(=N)/C=C\NC. The maximum absolute atomic E-state index is 7.22. The Bertz CT molecular complexity index is 145. The van der Waals surface area contributed by atoms with Gasteiger partial charge in [0.1, 0.15) is 0 Å². The van der Waals surface area contributed by atoms with E-state index in [4.69, 9.17) is 5.41 Å². The molecule has 0 atom stereocenters. The largest absolute Gasteiger partial charge is 0.394 e. The maximum atomic E-state index is 7.22. The average Bonchev–Trinajstić information content (AvgIpc) is 1.82. The van der Waals surface area contributed by atoms with Crippen molar-refractivity contribution in [3.05, 3.63) is 24.4 Å². The minimum atomic E-state index is 0.462. The van der Waals surface area contributed by atoms with Gasteiger partial charge in [-0.1, -0.05) is 6.58 Å². The van der Waals surface area contributed by atoms with Gasteiger partial charge in [0, 0.05) is 7.05 Å². The fourth-order valence-electron chi connectivity index (χ4n) is 0.309. The first-order valence-corrected chi connectivity index (χ1v) is 2.76. The number of allylic oxidation sites excluding steroid dienone is 2. The summed E-state index contributed by atoms with van der Waals surface area (Å²) in [5, 5.41) is 10.0. The normalized spacial score (nSPS) is 9.56. The molecule has 0 saturated carbocycles. The van der Waals surface area contributed by atoms with E-state index in [1.54, 1.807) is 19.3 Å². The summed E-state index contributed by atoms with van der Waals surface area (Å²) >= 11 is 0. The first kappa shape index (κ1) is 7.95. The van der Waals surface area contributed by atoms with Crippen molar-refractivity contribution < 1.29 is 0 Å². The van der Waals surface area contributed by atoms with Gasteiger partial charge in [0.2, 0.25) is 0 Å². The summed E-state index contributed by atoms with van der Waals surface area (Å²) in [6, 6.07) is 0. The van der Waals surface area contributed by atoms with Gasteiger partial charge in [-0.15, -0.1) is 0 Å². The summed E-state index contributed by atoms with van der Waals surface area (Å²) in [6.07, 6.45) is 3.37. The van der Waals surface area contributed by atoms with Crippen molar-refractivity contribution in [2.24, 2.45) is 0 Å². The Balaban J connectivity index is 3.77. The fraction of sp³-hybridized carbons (Fsp3) is 0.286. The average molecular weight is 124 g/mol. The van der Waals surface area contributed by atoms with Crippen LogP contribution in [0.25, 0.3) is 0 Å². The van der Waals surface area contributed by atoms with Crippen LogP contribution in [0.3, 0.4) is 0 Å². The van der Waals surface area contributed by atoms with Crippen molar-refractivity contribution in [1.82, 2.24) is 5.32 Å². The highest BCUT2D eigenvalue weighted by Gasteiger charge is 1.86. The summed E-state index contributed by atoms with van der Waals surface area (Å²) in [5.41, 5.74) is 1.24. The van der Waals surface area contributed by atoms with Crippen molar-refractivity contribution in [2.75, 3.05) is 7.05 Å². The molecule has 0 radical (unpaired) electrons. The van der Waals surface area contributed by atoms with E-state index in [0.717, 1.165) is 5.57 Å². The lowest BCUT2D eigenvalue weighted by atomic mass is 10.2. The second-order valence-electron chi connectivity index (χ2n) is 1.82. The molecule has 0 saturated heterocycles. The number of rotatable bonds is 3. The molecule has 0 heterocycles. The summed E-state index contributed by atoms with van der Waals surface area (Å²) in [7, 11) is 1.79. The second-order valence-corrected chi connectivity index (χ2v) is 1.82. The third-order valence-electron chi connectivity index (χ3n) is 0.876. The summed E-state index contributed by atoms with van der Waals surface area (Å²) < 4.78 is 0. The van der Waals surface area contributed by atoms with E-state index in [9.17, 15) is 0 Å². The predicted molar refractivity (Wildman–Crippen MR) is 40.7 cm³/mol. The molecule has 0 aromatic heterocycles. The van der Waals surface area contributed by atoms with Crippen molar-refractivity contribution in [3.63, 3.8) is 0 Å². The van der Waals surface area contributed by atoms with Crippen LogP contribution in [0.1, 0.15) is 6.92 Å². The van der Waals surface area contributed by atoms with Crippen LogP contribution in [-0.4, -0.2) is 12.8 Å². The highest BCUT2D eigenvalue weighted by atomic mass is 14.8. The first-order chi connectivity index (χ1) is 4.18. The van der Waals surface area contributed by atoms with Crippen LogP contribution in [0.4, 0.5) is 0 Å². The minimum absolute atomic E-state index is 0.462. The van der Waals surface area contributed by atoms with Gasteiger partial charge in [0.15, 0.2) is 0 Å². The quantitative estimate of drug-likeness (QED) is 0.547. The number of nitrogens with one attached hydrogen (secondary N) is 2. The van der Waals surface area contributed by atoms with Crippen molar-refractivity contribution in [3.8, 4) is 0 Å². The van der Waals surface area contributed by atoms with Gasteiger partial charge in [-0.3, -0.25) is 0 Å². The van der Waals surface area contributed by atoms with Crippen molar-refractivity contribution in [2.45, 2.75) is 6.92 Å². The molecule has 0 spiro atoms. The summed E-state index contributed by atoms with van der Waals surface area (Å²) in [6.45, 7) is 5.41. The van der Waals surface area contributed by atoms with Crippen LogP contribution in [0.2, 0.25) is 0 Å². The van der Waals surface area contributed by atoms with Crippen LogP contribution in [-0.2, 0) is 0 Å². The Morgan fingerprint density at radius 3 is 2.56 bits per heavy atom. The molecule has 0 aromatic carbocycles. The zero-order valence-electron chi connectivity index (χ0n) is 5.86. The van der Waals surface area contributed by atoms with E-state index in [0.29, 0.717) is 5.71 Å². The Morgan fingerprint density at radius 2 is 2.22 bits per heavy atom. The molecule has 0 fully saturated rings. The summed E-state index contributed by atoms with van der Waals surface area (Å²) in [5.74, 6) is 0. The van der Waals surface area contributed by atoms with E-state index >= 15 is 0 Å². The summed E-state index contributed by atoms with van der Waals surface area (Å²) in [4.78, 5) is 0. The third-order valence-corrected chi connectivity index (χ3v) is 0.876. The molecule has 0 aliphatic rings. The van der Waals surface area contributed by atoms with Crippen LogP contribution < -0.4 is 5.32 Å². The first-order valence-electron chi connectivity index (χ1n) is 2.76. The lowest BCUT2D eigenvalue weighted by molar-refractivity contribution is 1.10. The Hall–Kier alpha value is -1.05. The molecule has 2 nitrogen and oxygen atoms in total. The highest BCUT2D eigenvalue weighted by Crippen LogP contribution is 1.89. The van der Waals surface area contributed by atoms with Gasteiger partial charge >= 0.3 is 0 Å². The smallest absolute Gasteiger partial charge is 0.0577 e. The zero-order chi connectivity index (χ0) is 7.28. The van der Waals surface area contributed by atoms with Crippen molar-refractivity contribution in [1.29, 1.82) is 5.41 Å². The molecule has 0 aliphatic heterocycles. The number of hydrogen-bond donors (Lipinski definition) is 2. The topological polar surface area (TPSA) is 35.9 Å². The molecule has 0 aliphatic carbocycles. The molecule has 9 heavy (non-hydrogen) atoms. The Kier molecular flexibility index (Phi) is 3.44. The van der Waals surface area contributed by atoms with Crippen LogP contribution in [0.5, 0.6) is 0 Å². The standard InChI is InChI=1S/C7H12N2/c1-6(2)7(8)4-5-9-3/h4-5,8-9H,1H2,2-3H3/b5-4-,8-7?. The van der Waals surface area contributed by atoms with Gasteiger partial charge < -0.3 is 10.7 Å². The Morgan fingerprint density at radius 1 is 1.67 bits per heavy atom. The third kappa shape index (κ3) is 3.53. The molecule has 0 amide bonds. The zero-order valence-corrected chi connectivity index (χ0v) is 5.86. The van der Waals surface area contributed by atoms with E-state index in [2.05, 4.69) is 11.9 Å². The van der Waals surface area contributed by atoms with Crippen LogP contribution >= 0.6 is 0 Å². The molecular formula is C7H12N2. The Labute approximate surface area is 55.8 Å². The highest BCUT2D eigenvalue weighted by molar-refractivity contribution is 6.05. The monoisotopic (exact) mass is 124 g/mol. The van der Waals surface area contributed by atoms with E-state index in [-0.39, 0.29) is 0 Å². The molecule has 0 bridgehead atoms. The van der Waals surface area contributed by atoms with Gasteiger partial charge in [-0.05, 0) is 24.8 Å². The molecule has 0 unspecified atom stereocenters. The van der Waals surface area contributed by atoms with Crippen molar-refractivity contribution >= 4 is 5.71 Å². The van der Waals surface area contributed by atoms with Crippen LogP contribution in [0.15, 0.2) is 24.4 Å². The fourth-order valence-corrected chi connectivity index (χ4v) is 0.309. The van der Waals surface area contributed by atoms with E-state index < -0.39 is 0 Å². The number of hydrogen-bond acceptors (Lipinski definition) is 2. The minimum Gasteiger partial charge on any atom is -0.394 e. The predicted octanol–water partition coefficient (Wildman–Crippen LogP) is 1.32. The van der Waals surface area contributed by atoms with E-state index in [1.165, 1.54) is 0 Å². The maximum Gasteiger partial charge on any atom is 0.0577 e. The molecule has 50 valence electrons. The lowest BCUT2D eigenvalue weighted by Crippen LogP contribution is -1.96. The molecule has 0 rings (SSSR count). The van der Waals surface area contributed by atoms with E-state index in [1.807, 2.05) is 6.92 Å². The second kappa shape index (κ2) is 3.89. The van der Waals surface area contributed by atoms with Gasteiger partial charge in [0.05, 0.1) is 5.71 Å². The van der Waals surface area contributed by atoms with Crippen LogP contribution in [0, 0.1) is 5.41 Å². The molecule has 0 aromatic rings. The van der Waals surface area contributed by atoms with Gasteiger partial charge in [-0.2, -0.15) is 0 Å². The van der Waals surface area contributed by atoms with Gasteiger partial charge in [-0.25, -0.2) is 0 Å². The molecule has 2 heteroatoms.